The van der Waals surface area contributed by atoms with E-state index in [9.17, 15) is 13.2 Å². The molecular formula is C21H19F3N6S. The molecule has 3 N–H and O–H groups in total. The van der Waals surface area contributed by atoms with Gasteiger partial charge in [0.15, 0.2) is 0 Å². The highest BCUT2D eigenvalue weighted by atomic mass is 32.1. The minimum Gasteiger partial charge on any atom is -0.383 e. The highest BCUT2D eigenvalue weighted by molar-refractivity contribution is 7.21. The second-order valence-electron chi connectivity index (χ2n) is 7.52. The van der Waals surface area contributed by atoms with Gasteiger partial charge in [-0.1, -0.05) is 6.07 Å². The molecule has 0 unspecified atom stereocenters. The summed E-state index contributed by atoms with van der Waals surface area (Å²) in [5.74, 6) is 0.224. The molecule has 1 aliphatic rings. The van der Waals surface area contributed by atoms with Gasteiger partial charge in [-0.3, -0.25) is 4.68 Å². The third-order valence-corrected chi connectivity index (χ3v) is 6.62. The number of fused-ring (bicyclic) bond motifs is 1. The zero-order chi connectivity index (χ0) is 21.6. The molecule has 1 saturated heterocycles. The maximum absolute atomic E-state index is 13.4. The van der Waals surface area contributed by atoms with E-state index in [1.165, 1.54) is 6.07 Å². The number of aromatic nitrogens is 4. The second-order valence-corrected chi connectivity index (χ2v) is 8.52. The summed E-state index contributed by atoms with van der Waals surface area (Å²) in [4.78, 5) is 8.67. The summed E-state index contributed by atoms with van der Waals surface area (Å²) >= 11 is 0.971. The minimum atomic E-state index is -4.45. The van der Waals surface area contributed by atoms with Crippen LogP contribution in [0.25, 0.3) is 31.9 Å². The van der Waals surface area contributed by atoms with Gasteiger partial charge in [0.05, 0.1) is 33.6 Å². The number of alkyl halides is 3. The molecule has 0 aliphatic carbocycles. The van der Waals surface area contributed by atoms with Crippen LogP contribution in [0.5, 0.6) is 0 Å². The van der Waals surface area contributed by atoms with Gasteiger partial charge >= 0.3 is 6.18 Å². The van der Waals surface area contributed by atoms with Crippen molar-refractivity contribution >= 4 is 27.4 Å². The Labute approximate surface area is 179 Å². The Morgan fingerprint density at radius 2 is 1.94 bits per heavy atom. The Hall–Kier alpha value is -2.98. The van der Waals surface area contributed by atoms with Crippen molar-refractivity contribution < 1.29 is 13.2 Å². The summed E-state index contributed by atoms with van der Waals surface area (Å²) in [5, 5.41) is 8.25. The third-order valence-electron chi connectivity index (χ3n) is 5.49. The highest BCUT2D eigenvalue weighted by Crippen LogP contribution is 2.41. The highest BCUT2D eigenvalue weighted by Gasteiger charge is 2.33. The van der Waals surface area contributed by atoms with Crippen LogP contribution in [0.4, 0.5) is 19.0 Å². The van der Waals surface area contributed by atoms with Crippen LogP contribution in [-0.4, -0.2) is 32.8 Å². The fraction of sp³-hybridized carbons (Fsp3) is 0.286. The summed E-state index contributed by atoms with van der Waals surface area (Å²) in [7, 11) is 0. The van der Waals surface area contributed by atoms with Crippen molar-refractivity contribution in [1.29, 1.82) is 0 Å². The quantitative estimate of drug-likeness (QED) is 0.477. The van der Waals surface area contributed by atoms with Gasteiger partial charge in [-0.2, -0.15) is 18.3 Å². The first kappa shape index (κ1) is 20.0. The standard InChI is InChI=1S/C21H19F3N6S/c22-21(23,24)16-2-1-3-17-18(16)31-20(29-17)15-8-12(9-27-19(15)25)13-10-28-30(11-13)14-4-6-26-7-5-14/h1-3,8-11,14,26H,4-7H2,(H2,25,27). The molecule has 1 aromatic carbocycles. The van der Waals surface area contributed by atoms with Crippen molar-refractivity contribution in [2.24, 2.45) is 0 Å². The van der Waals surface area contributed by atoms with Gasteiger partial charge in [-0.05, 0) is 44.1 Å². The van der Waals surface area contributed by atoms with E-state index in [0.717, 1.165) is 54.5 Å². The number of nitrogens with two attached hydrogens (primary N) is 1. The minimum absolute atomic E-state index is 0.0912. The molecule has 31 heavy (non-hydrogen) atoms. The van der Waals surface area contributed by atoms with Crippen molar-refractivity contribution in [3.63, 3.8) is 0 Å². The number of nitrogens with one attached hydrogen (secondary N) is 1. The first-order chi connectivity index (χ1) is 14.9. The van der Waals surface area contributed by atoms with Crippen LogP contribution in [0, 0.1) is 0 Å². The Balaban J connectivity index is 1.53. The molecule has 0 saturated carbocycles. The fourth-order valence-corrected chi connectivity index (χ4v) is 4.97. The average molecular weight is 444 g/mol. The van der Waals surface area contributed by atoms with Crippen LogP contribution in [0.2, 0.25) is 0 Å². The van der Waals surface area contributed by atoms with Crippen molar-refractivity contribution in [3.8, 4) is 21.7 Å². The predicted molar refractivity (Wildman–Crippen MR) is 115 cm³/mol. The number of pyridine rings is 1. The normalized spacial score (nSPS) is 15.6. The number of hydrogen-bond donors (Lipinski definition) is 2. The number of piperidine rings is 1. The van der Waals surface area contributed by atoms with Crippen LogP contribution in [-0.2, 0) is 6.18 Å². The number of rotatable bonds is 3. The SMILES string of the molecule is Nc1ncc(-c2cnn(C3CCNCC3)c2)cc1-c1nc2cccc(C(F)(F)F)c2s1. The summed E-state index contributed by atoms with van der Waals surface area (Å²) < 4.78 is 42.2. The molecule has 5 rings (SSSR count). The molecule has 1 aliphatic heterocycles. The molecule has 10 heteroatoms. The lowest BCUT2D eigenvalue weighted by molar-refractivity contribution is -0.136. The van der Waals surface area contributed by atoms with Crippen molar-refractivity contribution in [2.75, 3.05) is 18.8 Å². The van der Waals surface area contributed by atoms with E-state index in [2.05, 4.69) is 20.4 Å². The topological polar surface area (TPSA) is 81.6 Å². The van der Waals surface area contributed by atoms with E-state index >= 15 is 0 Å². The smallest absolute Gasteiger partial charge is 0.383 e. The Bertz CT molecular complexity index is 1240. The summed E-state index contributed by atoms with van der Waals surface area (Å²) in [6.45, 7) is 1.93. The molecule has 160 valence electrons. The molecule has 0 atom stereocenters. The number of hydrogen-bond acceptors (Lipinski definition) is 6. The molecule has 6 nitrogen and oxygen atoms in total. The van der Waals surface area contributed by atoms with E-state index in [1.54, 1.807) is 18.5 Å². The molecule has 4 heterocycles. The van der Waals surface area contributed by atoms with Gasteiger partial charge in [0.1, 0.15) is 10.8 Å². The van der Waals surface area contributed by atoms with Crippen LogP contribution in [0.1, 0.15) is 24.4 Å². The molecule has 0 spiro atoms. The molecule has 0 bridgehead atoms. The van der Waals surface area contributed by atoms with Crippen LogP contribution >= 0.6 is 11.3 Å². The van der Waals surface area contributed by atoms with Crippen molar-refractivity contribution in [1.82, 2.24) is 25.1 Å². The molecular weight excluding hydrogens is 425 g/mol. The van der Waals surface area contributed by atoms with E-state index < -0.39 is 11.7 Å². The van der Waals surface area contributed by atoms with Gasteiger partial charge in [-0.15, -0.1) is 11.3 Å². The average Bonchev–Trinajstić information content (AvgIpc) is 3.41. The van der Waals surface area contributed by atoms with Crippen LogP contribution in [0.3, 0.4) is 0 Å². The van der Waals surface area contributed by atoms with Gasteiger partial charge in [0.2, 0.25) is 0 Å². The summed E-state index contributed by atoms with van der Waals surface area (Å²) in [6, 6.07) is 6.17. The number of benzene rings is 1. The molecule has 1 fully saturated rings. The predicted octanol–water partition coefficient (Wildman–Crippen LogP) is 4.75. The maximum Gasteiger partial charge on any atom is 0.417 e. The summed E-state index contributed by atoms with van der Waals surface area (Å²) in [6.07, 6.45) is 2.99. The van der Waals surface area contributed by atoms with Gasteiger partial charge in [0, 0.05) is 23.5 Å². The summed E-state index contributed by atoms with van der Waals surface area (Å²) in [5.41, 5.74) is 7.85. The number of halogens is 3. The zero-order valence-corrected chi connectivity index (χ0v) is 17.2. The van der Waals surface area contributed by atoms with E-state index in [4.69, 9.17) is 5.73 Å². The zero-order valence-electron chi connectivity index (χ0n) is 16.4. The largest absolute Gasteiger partial charge is 0.417 e. The molecule has 4 aromatic rings. The Kier molecular flexibility index (Phi) is 4.90. The maximum atomic E-state index is 13.4. The lowest BCUT2D eigenvalue weighted by Gasteiger charge is -2.22. The van der Waals surface area contributed by atoms with Crippen LogP contribution < -0.4 is 11.1 Å². The van der Waals surface area contributed by atoms with E-state index in [-0.39, 0.29) is 10.5 Å². The number of nitrogen functional groups attached to an aromatic ring is 1. The van der Waals surface area contributed by atoms with Gasteiger partial charge < -0.3 is 11.1 Å². The molecule has 0 amide bonds. The fourth-order valence-electron chi connectivity index (χ4n) is 3.85. The monoisotopic (exact) mass is 444 g/mol. The third kappa shape index (κ3) is 3.77. The second kappa shape index (κ2) is 7.61. The number of anilines is 1. The van der Waals surface area contributed by atoms with Gasteiger partial charge in [-0.25, -0.2) is 9.97 Å². The Morgan fingerprint density at radius 3 is 2.71 bits per heavy atom. The van der Waals surface area contributed by atoms with Gasteiger partial charge in [0.25, 0.3) is 0 Å². The van der Waals surface area contributed by atoms with Crippen molar-refractivity contribution in [3.05, 3.63) is 48.4 Å². The number of thiazole rings is 1. The molecule has 0 radical (unpaired) electrons. The lowest BCUT2D eigenvalue weighted by atomic mass is 10.1. The van der Waals surface area contributed by atoms with E-state index in [0.29, 0.717) is 22.1 Å². The molecule has 3 aromatic heterocycles. The first-order valence-electron chi connectivity index (χ1n) is 9.88. The lowest BCUT2D eigenvalue weighted by Crippen LogP contribution is -2.29. The first-order valence-corrected chi connectivity index (χ1v) is 10.7. The van der Waals surface area contributed by atoms with Crippen molar-refractivity contribution in [2.45, 2.75) is 25.1 Å². The van der Waals surface area contributed by atoms with E-state index in [1.807, 2.05) is 16.9 Å². The van der Waals surface area contributed by atoms with Crippen LogP contribution in [0.15, 0.2) is 42.9 Å². The number of nitrogens with zero attached hydrogens (tertiary/aromatic N) is 4. The Morgan fingerprint density at radius 1 is 1.13 bits per heavy atom.